The van der Waals surface area contributed by atoms with E-state index in [0.717, 1.165) is 31.5 Å². The second kappa shape index (κ2) is 17.3. The molecule has 2 aliphatic heterocycles. The van der Waals surface area contributed by atoms with Crippen LogP contribution in [0, 0.1) is 11.9 Å². The number of carboxylic acid groups (broad SMARTS) is 1. The van der Waals surface area contributed by atoms with Crippen LogP contribution in [0.15, 0.2) is 67.0 Å². The minimum absolute atomic E-state index is 0.0308. The zero-order valence-corrected chi connectivity index (χ0v) is 30.8. The van der Waals surface area contributed by atoms with Crippen LogP contribution in [0.1, 0.15) is 33.8 Å². The number of carbonyl (C=O) groups is 4. The van der Waals surface area contributed by atoms with Crippen LogP contribution in [-0.4, -0.2) is 110 Å². The summed E-state index contributed by atoms with van der Waals surface area (Å²) < 4.78 is 22.3. The van der Waals surface area contributed by atoms with Gasteiger partial charge in [0.1, 0.15) is 5.75 Å². The SMILES string of the molecule is COc1ccc(-c2[nH]ncc2-c2ccc(-c3cnc(C(=O)Nc4ccc(C(=O)N5CCN(C(=O)C6CCNCC6)CC5)c(Cl)c4)n3C)c(F)n2)cc1.O=CO. The predicted molar refractivity (Wildman–Crippen MR) is 202 cm³/mol. The third-order valence-electron chi connectivity index (χ3n) is 9.63. The van der Waals surface area contributed by atoms with Crippen molar-refractivity contribution in [2.24, 2.45) is 13.0 Å². The van der Waals surface area contributed by atoms with Crippen molar-refractivity contribution in [1.82, 2.24) is 39.8 Å². The number of aromatic amines is 1. The van der Waals surface area contributed by atoms with Crippen molar-refractivity contribution in [3.8, 4) is 39.5 Å². The quantitative estimate of drug-likeness (QED) is 0.129. The molecule has 0 aliphatic carbocycles. The zero-order chi connectivity index (χ0) is 39.1. The van der Waals surface area contributed by atoms with Crippen LogP contribution in [0.3, 0.4) is 0 Å². The lowest BCUT2D eigenvalue weighted by molar-refractivity contribution is -0.137. The molecule has 15 nitrogen and oxygen atoms in total. The van der Waals surface area contributed by atoms with E-state index in [1.165, 1.54) is 16.8 Å². The molecule has 2 aromatic carbocycles. The van der Waals surface area contributed by atoms with Crippen LogP contribution < -0.4 is 15.4 Å². The monoisotopic (exact) mass is 771 g/mol. The summed E-state index contributed by atoms with van der Waals surface area (Å²) in [4.78, 5) is 59.9. The van der Waals surface area contributed by atoms with Gasteiger partial charge in [0.05, 0.1) is 52.7 Å². The van der Waals surface area contributed by atoms with E-state index < -0.39 is 11.9 Å². The van der Waals surface area contributed by atoms with Gasteiger partial charge in [-0.25, -0.2) is 9.97 Å². The Kier molecular flexibility index (Phi) is 12.2. The van der Waals surface area contributed by atoms with Crippen molar-refractivity contribution in [1.29, 1.82) is 0 Å². The second-order valence-electron chi connectivity index (χ2n) is 12.8. The van der Waals surface area contributed by atoms with Crippen molar-refractivity contribution in [3.63, 3.8) is 0 Å². The van der Waals surface area contributed by atoms with Gasteiger partial charge in [0.15, 0.2) is 5.82 Å². The molecule has 17 heteroatoms. The number of rotatable bonds is 8. The first-order valence-electron chi connectivity index (χ1n) is 17.5. The lowest BCUT2D eigenvalue weighted by Crippen LogP contribution is -2.52. The first-order valence-corrected chi connectivity index (χ1v) is 17.9. The lowest BCUT2D eigenvalue weighted by Gasteiger charge is -2.37. The summed E-state index contributed by atoms with van der Waals surface area (Å²) >= 11 is 6.54. The molecule has 2 aliphatic rings. The number of halogens is 2. The normalized spacial score (nSPS) is 14.5. The van der Waals surface area contributed by atoms with Gasteiger partial charge in [-0.2, -0.15) is 9.49 Å². The maximum Gasteiger partial charge on any atom is 0.291 e. The van der Waals surface area contributed by atoms with Crippen LogP contribution in [0.25, 0.3) is 33.8 Å². The van der Waals surface area contributed by atoms with Gasteiger partial charge in [-0.05, 0) is 80.5 Å². The molecule has 3 amide bonds. The van der Waals surface area contributed by atoms with Crippen molar-refractivity contribution in [3.05, 3.63) is 89.3 Å². The number of nitrogens with zero attached hydrogens (tertiary/aromatic N) is 6. The average molecular weight is 772 g/mol. The number of anilines is 1. The van der Waals surface area contributed by atoms with E-state index in [1.807, 2.05) is 29.2 Å². The summed E-state index contributed by atoms with van der Waals surface area (Å²) in [7, 11) is 3.20. The fourth-order valence-corrected chi connectivity index (χ4v) is 6.95. The van der Waals surface area contributed by atoms with Gasteiger partial charge in [-0.3, -0.25) is 24.3 Å². The fourth-order valence-electron chi connectivity index (χ4n) is 6.68. The summed E-state index contributed by atoms with van der Waals surface area (Å²) in [5.41, 5.74) is 3.68. The molecule has 4 N–H and O–H groups in total. The number of ether oxygens (including phenoxy) is 1. The average Bonchev–Trinajstić information content (AvgIpc) is 3.85. The number of aromatic nitrogens is 5. The molecule has 5 heterocycles. The highest BCUT2D eigenvalue weighted by Crippen LogP contribution is 2.32. The second-order valence-corrected chi connectivity index (χ2v) is 13.3. The predicted octanol–water partition coefficient (Wildman–Crippen LogP) is 4.58. The van der Waals surface area contributed by atoms with E-state index in [0.29, 0.717) is 65.8 Å². The molecule has 0 atom stereocenters. The highest BCUT2D eigenvalue weighted by molar-refractivity contribution is 6.34. The Balaban J connectivity index is 0.00000166. The van der Waals surface area contributed by atoms with E-state index in [4.69, 9.17) is 26.2 Å². The molecule has 5 aromatic rings. The Hall–Kier alpha value is -6.13. The zero-order valence-electron chi connectivity index (χ0n) is 30.1. The largest absolute Gasteiger partial charge is 0.497 e. The molecule has 7 rings (SSSR count). The summed E-state index contributed by atoms with van der Waals surface area (Å²) in [5, 5.41) is 20.2. The van der Waals surface area contributed by atoms with Gasteiger partial charge in [0, 0.05) is 56.0 Å². The van der Waals surface area contributed by atoms with Gasteiger partial charge in [-0.1, -0.05) is 11.6 Å². The molecule has 286 valence electrons. The number of hydrogen-bond donors (Lipinski definition) is 4. The molecule has 3 aromatic heterocycles. The number of H-pyrrole nitrogens is 1. The third-order valence-corrected chi connectivity index (χ3v) is 9.95. The number of piperidine rings is 1. The van der Waals surface area contributed by atoms with E-state index >= 15 is 4.39 Å². The summed E-state index contributed by atoms with van der Waals surface area (Å²) in [6, 6.07) is 15.3. The van der Waals surface area contributed by atoms with E-state index in [-0.39, 0.29) is 40.6 Å². The Morgan fingerprint density at radius 2 is 1.67 bits per heavy atom. The fraction of sp³-hybridized carbons (Fsp3) is 0.289. The van der Waals surface area contributed by atoms with Crippen molar-refractivity contribution < 1.29 is 33.4 Å². The van der Waals surface area contributed by atoms with Crippen molar-refractivity contribution >= 4 is 41.5 Å². The molecule has 2 saturated heterocycles. The minimum atomic E-state index is -0.740. The van der Waals surface area contributed by atoms with Crippen LogP contribution in [0.2, 0.25) is 5.02 Å². The number of benzene rings is 2. The van der Waals surface area contributed by atoms with Gasteiger partial charge in [0.2, 0.25) is 11.9 Å². The van der Waals surface area contributed by atoms with Gasteiger partial charge in [-0.15, -0.1) is 0 Å². The molecule has 0 radical (unpaired) electrons. The van der Waals surface area contributed by atoms with Gasteiger partial charge >= 0.3 is 0 Å². The maximum absolute atomic E-state index is 15.5. The van der Waals surface area contributed by atoms with Crippen molar-refractivity contribution in [2.75, 3.05) is 51.7 Å². The van der Waals surface area contributed by atoms with Crippen LogP contribution >= 0.6 is 11.6 Å². The van der Waals surface area contributed by atoms with Crippen LogP contribution in [-0.2, 0) is 16.6 Å². The van der Waals surface area contributed by atoms with Gasteiger partial charge in [0.25, 0.3) is 18.3 Å². The van der Waals surface area contributed by atoms with Crippen LogP contribution in [0.5, 0.6) is 5.75 Å². The number of pyridine rings is 1. The molecular weight excluding hydrogens is 733 g/mol. The first-order chi connectivity index (χ1) is 26.6. The maximum atomic E-state index is 15.5. The van der Waals surface area contributed by atoms with Crippen LogP contribution in [0.4, 0.5) is 10.1 Å². The molecule has 0 bridgehead atoms. The molecule has 2 fully saturated rings. The number of methoxy groups -OCH3 is 1. The number of piperazine rings is 1. The lowest BCUT2D eigenvalue weighted by atomic mass is 9.96. The van der Waals surface area contributed by atoms with Crippen molar-refractivity contribution in [2.45, 2.75) is 12.8 Å². The van der Waals surface area contributed by atoms with Gasteiger partial charge < -0.3 is 34.8 Å². The summed E-state index contributed by atoms with van der Waals surface area (Å²) in [6.07, 6.45) is 4.67. The number of amides is 3. The van der Waals surface area contributed by atoms with E-state index in [9.17, 15) is 14.4 Å². The smallest absolute Gasteiger partial charge is 0.291 e. The standard InChI is InChI=1S/C37H37ClFN9O4.CH2O2/c1-46-31(27-9-10-30(44-33(27)39)28-20-42-45-32(28)22-3-6-25(52-2)7-4-22)21-41-34(46)35(49)43-24-5-8-26(29(38)19-24)37(51)48-17-15-47(16-18-48)36(50)23-11-13-40-14-12-23;2-1-3/h3-10,19-21,23,40H,11-18H2,1-2H3,(H,42,45)(H,43,49);1H,(H,2,3). The molecule has 55 heavy (non-hydrogen) atoms. The Morgan fingerprint density at radius 3 is 2.33 bits per heavy atom. The number of carbonyl (C=O) groups excluding carboxylic acids is 3. The molecular formula is C38H39ClFN9O6. The first kappa shape index (κ1) is 38.6. The minimum Gasteiger partial charge on any atom is -0.497 e. The molecule has 0 unspecified atom stereocenters. The van der Waals surface area contributed by atoms with E-state index in [1.54, 1.807) is 49.5 Å². The number of imidazole rings is 1. The molecule has 0 saturated carbocycles. The Bertz CT molecular complexity index is 2180. The Morgan fingerprint density at radius 1 is 0.982 bits per heavy atom. The highest BCUT2D eigenvalue weighted by atomic mass is 35.5. The Labute approximate surface area is 320 Å². The summed E-state index contributed by atoms with van der Waals surface area (Å²) in [6.45, 7) is 3.23. The number of hydrogen-bond acceptors (Lipinski definition) is 9. The third kappa shape index (κ3) is 8.50. The highest BCUT2D eigenvalue weighted by Gasteiger charge is 2.30. The molecule has 0 spiro atoms. The van der Waals surface area contributed by atoms with E-state index in [2.05, 4.69) is 30.8 Å². The topological polar surface area (TPSA) is 188 Å². The number of nitrogens with one attached hydrogen (secondary N) is 3. The summed E-state index contributed by atoms with van der Waals surface area (Å²) in [5.74, 6) is -0.588.